The third-order valence-electron chi connectivity index (χ3n) is 2.05. The van der Waals surface area contributed by atoms with Crippen LogP contribution >= 0.6 is 32.0 Å². The maximum Gasteiger partial charge on any atom is 0.174 e. The third-order valence-corrected chi connectivity index (χ3v) is 12.7. The fraction of sp³-hybridized carbons (Fsp3) is 0.455. The fourth-order valence-electron chi connectivity index (χ4n) is 1.23. The van der Waals surface area contributed by atoms with E-state index in [1.165, 1.54) is 23.6 Å². The smallest absolute Gasteiger partial charge is 0.0645 e. The van der Waals surface area contributed by atoms with Crippen LogP contribution in [0, 0.1) is 0 Å². The van der Waals surface area contributed by atoms with E-state index in [-0.39, 0.29) is 0 Å². The molecule has 0 aromatic heterocycles. The Hall–Kier alpha value is 0.480. The van der Waals surface area contributed by atoms with E-state index in [1.54, 1.807) is 0 Å². The molecule has 0 aliphatic heterocycles. The summed E-state index contributed by atoms with van der Waals surface area (Å²) >= 11 is 6.07. The molecular weight excluding hydrogens is 275 g/mol. The standard InChI is InChI=1S/C11H17BrPS/c1-3-10-14-13(12,4-2)11-8-6-5-7-9-11/h5-9H,3-4,10H2,1-2H3/q+1. The van der Waals surface area contributed by atoms with Crippen LogP contribution in [0.4, 0.5) is 0 Å². The summed E-state index contributed by atoms with van der Waals surface area (Å²) in [6.45, 7) is 4.52. The summed E-state index contributed by atoms with van der Waals surface area (Å²) in [4.78, 5) is 0. The van der Waals surface area contributed by atoms with Crippen LogP contribution in [0.15, 0.2) is 30.3 Å². The molecule has 0 bridgehead atoms. The Bertz CT molecular complexity index is 265. The van der Waals surface area contributed by atoms with Gasteiger partial charge in [0, 0.05) is 17.1 Å². The molecule has 0 spiro atoms. The van der Waals surface area contributed by atoms with Crippen LogP contribution in [0.3, 0.4) is 0 Å². The van der Waals surface area contributed by atoms with Crippen molar-refractivity contribution in [2.45, 2.75) is 20.3 Å². The highest BCUT2D eigenvalue weighted by molar-refractivity contribution is 9.52. The monoisotopic (exact) mass is 291 g/mol. The van der Waals surface area contributed by atoms with Gasteiger partial charge in [0.25, 0.3) is 0 Å². The van der Waals surface area contributed by atoms with E-state index >= 15 is 0 Å². The van der Waals surface area contributed by atoms with E-state index in [1.807, 2.05) is 0 Å². The highest BCUT2D eigenvalue weighted by Gasteiger charge is 2.37. The summed E-state index contributed by atoms with van der Waals surface area (Å²) in [6, 6.07) is 10.8. The molecule has 0 aliphatic carbocycles. The van der Waals surface area contributed by atoms with Crippen LogP contribution in [0.2, 0.25) is 0 Å². The molecule has 14 heavy (non-hydrogen) atoms. The topological polar surface area (TPSA) is 0 Å². The lowest BCUT2D eigenvalue weighted by Crippen LogP contribution is -2.05. The molecule has 78 valence electrons. The predicted molar refractivity (Wildman–Crippen MR) is 75.2 cm³/mol. The molecule has 0 fully saturated rings. The maximum atomic E-state index is 3.97. The first-order chi connectivity index (χ1) is 6.73. The number of rotatable bonds is 5. The lowest BCUT2D eigenvalue weighted by atomic mass is 10.4. The van der Waals surface area contributed by atoms with Gasteiger partial charge in [0.05, 0.1) is 6.16 Å². The van der Waals surface area contributed by atoms with Gasteiger partial charge in [-0.1, -0.05) is 25.1 Å². The zero-order valence-corrected chi connectivity index (χ0v) is 12.0. The lowest BCUT2D eigenvalue weighted by molar-refractivity contribution is 1.11. The van der Waals surface area contributed by atoms with Crippen LogP contribution in [-0.4, -0.2) is 11.9 Å². The molecule has 1 aromatic carbocycles. The molecule has 0 amide bonds. The largest absolute Gasteiger partial charge is 0.174 e. The Morgan fingerprint density at radius 2 is 1.86 bits per heavy atom. The molecule has 0 heterocycles. The Balaban J connectivity index is 2.79. The van der Waals surface area contributed by atoms with Crippen molar-refractivity contribution < 1.29 is 0 Å². The van der Waals surface area contributed by atoms with Crippen molar-refractivity contribution in [3.63, 3.8) is 0 Å². The van der Waals surface area contributed by atoms with Gasteiger partial charge in [0.15, 0.2) is 20.7 Å². The van der Waals surface area contributed by atoms with Gasteiger partial charge in [-0.3, -0.25) is 0 Å². The first kappa shape index (κ1) is 12.5. The van der Waals surface area contributed by atoms with Gasteiger partial charge in [-0.05, 0) is 25.5 Å². The molecule has 0 N–H and O–H groups in total. The molecule has 3 heteroatoms. The number of halogens is 1. The number of hydrogen-bond acceptors (Lipinski definition) is 1. The van der Waals surface area contributed by atoms with Gasteiger partial charge in [-0.25, -0.2) is 0 Å². The van der Waals surface area contributed by atoms with Crippen LogP contribution in [-0.2, 0) is 0 Å². The van der Waals surface area contributed by atoms with Crippen molar-refractivity contribution in [1.29, 1.82) is 0 Å². The molecule has 0 nitrogen and oxygen atoms in total. The fourth-order valence-corrected chi connectivity index (χ4v) is 7.81. The Morgan fingerprint density at radius 3 is 2.36 bits per heavy atom. The molecule has 1 unspecified atom stereocenters. The molecule has 1 aromatic rings. The van der Waals surface area contributed by atoms with Gasteiger partial charge in [-0.15, -0.1) is 0 Å². The van der Waals surface area contributed by atoms with E-state index in [9.17, 15) is 0 Å². The summed E-state index contributed by atoms with van der Waals surface area (Å²) in [5.41, 5.74) is 0. The van der Waals surface area contributed by atoms with Crippen molar-refractivity contribution in [3.8, 4) is 0 Å². The minimum Gasteiger partial charge on any atom is -0.0645 e. The van der Waals surface area contributed by atoms with Gasteiger partial charge >= 0.3 is 0 Å². The molecular formula is C11H17BrPS+. The van der Waals surface area contributed by atoms with Crippen LogP contribution in [0.1, 0.15) is 20.3 Å². The summed E-state index contributed by atoms with van der Waals surface area (Å²) in [5.74, 6) is 1.25. The van der Waals surface area contributed by atoms with Crippen molar-refractivity contribution in [1.82, 2.24) is 0 Å². The minimum absolute atomic E-state index is 1.09. The molecule has 1 atom stereocenters. The quantitative estimate of drug-likeness (QED) is 0.708. The van der Waals surface area contributed by atoms with Gasteiger partial charge in [-0.2, -0.15) is 0 Å². The van der Waals surface area contributed by atoms with Crippen molar-refractivity contribution in [3.05, 3.63) is 30.3 Å². The first-order valence-electron chi connectivity index (χ1n) is 5.01. The lowest BCUT2D eigenvalue weighted by Gasteiger charge is -2.15. The number of hydrogen-bond donors (Lipinski definition) is 0. The molecule has 0 radical (unpaired) electrons. The minimum atomic E-state index is -1.09. The van der Waals surface area contributed by atoms with Crippen LogP contribution < -0.4 is 5.30 Å². The second-order valence-electron chi connectivity index (χ2n) is 3.14. The zero-order valence-electron chi connectivity index (χ0n) is 8.74. The van der Waals surface area contributed by atoms with Crippen molar-refractivity contribution >= 4 is 37.3 Å². The maximum absolute atomic E-state index is 3.97. The van der Waals surface area contributed by atoms with E-state index in [2.05, 4.69) is 71.1 Å². The Labute approximate surface area is 99.7 Å². The highest BCUT2D eigenvalue weighted by Crippen LogP contribution is 2.75. The molecule has 0 saturated carbocycles. The van der Waals surface area contributed by atoms with Crippen molar-refractivity contribution in [2.24, 2.45) is 0 Å². The van der Waals surface area contributed by atoms with E-state index in [4.69, 9.17) is 0 Å². The average Bonchev–Trinajstić information content (AvgIpc) is 2.27. The van der Waals surface area contributed by atoms with Gasteiger partial charge in [0.1, 0.15) is 5.30 Å². The zero-order chi connectivity index (χ0) is 10.4. The summed E-state index contributed by atoms with van der Waals surface area (Å²) in [5, 5.41) is 0.397. The number of benzene rings is 1. The molecule has 0 aliphatic rings. The van der Waals surface area contributed by atoms with Crippen LogP contribution in [0.5, 0.6) is 0 Å². The second-order valence-corrected chi connectivity index (χ2v) is 13.9. The van der Waals surface area contributed by atoms with Gasteiger partial charge < -0.3 is 0 Å². The second kappa shape index (κ2) is 6.15. The summed E-state index contributed by atoms with van der Waals surface area (Å²) < 4.78 is 0. The van der Waals surface area contributed by atoms with Crippen LogP contribution in [0.25, 0.3) is 0 Å². The summed E-state index contributed by atoms with van der Waals surface area (Å²) in [6.07, 6.45) is 2.48. The van der Waals surface area contributed by atoms with E-state index in [0.717, 1.165) is 0 Å². The van der Waals surface area contributed by atoms with E-state index < -0.39 is 5.17 Å². The highest BCUT2D eigenvalue weighted by atomic mass is 79.9. The molecule has 1 rings (SSSR count). The average molecular weight is 292 g/mol. The first-order valence-corrected chi connectivity index (χ1v) is 10.6. The van der Waals surface area contributed by atoms with Crippen molar-refractivity contribution in [2.75, 3.05) is 11.9 Å². The summed E-state index contributed by atoms with van der Waals surface area (Å²) in [7, 11) is 0. The predicted octanol–water partition coefficient (Wildman–Crippen LogP) is 4.72. The van der Waals surface area contributed by atoms with E-state index in [0.29, 0.717) is 0 Å². The van der Waals surface area contributed by atoms with Gasteiger partial charge in [0.2, 0.25) is 0 Å². The Kier molecular flexibility index (Phi) is 5.51. The SMILES string of the molecule is CCCS[P+](Br)(CC)c1ccccc1. The molecule has 0 saturated heterocycles. The third kappa shape index (κ3) is 3.25. The normalized spacial score (nSPS) is 15.1. The Morgan fingerprint density at radius 1 is 1.21 bits per heavy atom.